The molecule has 0 bridgehead atoms. The first-order valence-electron chi connectivity index (χ1n) is 2.62. The van der Waals surface area contributed by atoms with Gasteiger partial charge >= 0.3 is 0 Å². The summed E-state index contributed by atoms with van der Waals surface area (Å²) in [6.45, 7) is -0.0322. The van der Waals surface area contributed by atoms with E-state index in [4.69, 9.17) is 9.66 Å². The second-order valence-electron chi connectivity index (χ2n) is 1.72. The monoisotopic (exact) mass is 218 g/mol. The number of aliphatic hydroxyl groups is 1. The minimum atomic E-state index is -3.81. The molecule has 0 aliphatic carbocycles. The van der Waals surface area contributed by atoms with Crippen molar-refractivity contribution in [1.29, 1.82) is 0 Å². The molecule has 0 aromatic heterocycles. The van der Waals surface area contributed by atoms with Gasteiger partial charge in [0.2, 0.25) is 0 Å². The van der Waals surface area contributed by atoms with E-state index in [0.29, 0.717) is 12.8 Å². The molecule has 0 radical (unpaired) electrons. The Kier molecular flexibility index (Phi) is 8.15. The van der Waals surface area contributed by atoms with Crippen LogP contribution in [0.15, 0.2) is 0 Å². The van der Waals surface area contributed by atoms with Gasteiger partial charge in [-0.3, -0.25) is 4.55 Å². The molecule has 0 aromatic carbocycles. The summed E-state index contributed by atoms with van der Waals surface area (Å²) >= 11 is 0. The van der Waals surface area contributed by atoms with E-state index < -0.39 is 10.1 Å². The number of hydrogen-bond donors (Lipinski definition) is 2. The first-order valence-corrected chi connectivity index (χ1v) is 4.23. The molecule has 0 unspecified atom stereocenters. The molecule has 58 valence electrons. The molecule has 0 aliphatic heterocycles. The molecule has 2 N–H and O–H groups in total. The van der Waals surface area contributed by atoms with Crippen molar-refractivity contribution < 1.29 is 37.6 Å². The van der Waals surface area contributed by atoms with Crippen molar-refractivity contribution in [3.05, 3.63) is 0 Å². The van der Waals surface area contributed by atoms with E-state index in [-0.39, 0.29) is 31.8 Å². The zero-order valence-electron chi connectivity index (χ0n) is 5.65. The fourth-order valence-electron chi connectivity index (χ4n) is 0.396. The fourth-order valence-corrected chi connectivity index (χ4v) is 0.965. The van der Waals surface area contributed by atoms with Gasteiger partial charge in [-0.05, 0) is 12.8 Å². The maximum atomic E-state index is 9.98. The van der Waals surface area contributed by atoms with Crippen molar-refractivity contribution in [2.45, 2.75) is 12.8 Å². The summed E-state index contributed by atoms with van der Waals surface area (Å²) in [5.74, 6) is -0.256. The third-order valence-electron chi connectivity index (χ3n) is 0.810. The maximum Gasteiger partial charge on any atom is 0.264 e. The molecule has 0 saturated heterocycles. The van der Waals surface area contributed by atoms with Gasteiger partial charge in [-0.1, -0.05) is 0 Å². The van der Waals surface area contributed by atoms with Crippen LogP contribution in [0.1, 0.15) is 12.8 Å². The van der Waals surface area contributed by atoms with Crippen LogP contribution in [0.3, 0.4) is 0 Å². The molecule has 0 aliphatic rings. The Labute approximate surface area is 73.1 Å². The van der Waals surface area contributed by atoms with Gasteiger partial charge in [-0.2, -0.15) is 8.42 Å². The third kappa shape index (κ3) is 11.3. The second kappa shape index (κ2) is 6.22. The van der Waals surface area contributed by atoms with Crippen LogP contribution in [0.4, 0.5) is 0 Å². The van der Waals surface area contributed by atoms with Crippen LogP contribution in [0, 0.1) is 0 Å². The Balaban J connectivity index is 0. The van der Waals surface area contributed by atoms with Gasteiger partial charge in [0.15, 0.2) is 0 Å². The largest absolute Gasteiger partial charge is 0.396 e. The molecule has 0 amide bonds. The Morgan fingerprint density at radius 1 is 1.20 bits per heavy atom. The van der Waals surface area contributed by atoms with Gasteiger partial charge in [0.25, 0.3) is 10.1 Å². The van der Waals surface area contributed by atoms with Crippen LogP contribution < -0.4 is 0 Å². The molecular weight excluding hydrogens is 209 g/mol. The number of aliphatic hydroxyl groups excluding tert-OH is 1. The topological polar surface area (TPSA) is 74.6 Å². The molecule has 4 nitrogen and oxygen atoms in total. The van der Waals surface area contributed by atoms with Crippen LogP contribution in [0.5, 0.6) is 0 Å². The summed E-state index contributed by atoms with van der Waals surface area (Å²) in [4.78, 5) is 0. The Morgan fingerprint density at radius 2 is 1.70 bits per heavy atom. The van der Waals surface area contributed by atoms with E-state index in [2.05, 4.69) is 0 Å². The Hall–Kier alpha value is 0.493. The summed E-state index contributed by atoms with van der Waals surface area (Å²) in [6, 6.07) is 0. The van der Waals surface area contributed by atoms with Gasteiger partial charge in [0, 0.05) is 26.1 Å². The maximum absolute atomic E-state index is 9.98. The average molecular weight is 220 g/mol. The van der Waals surface area contributed by atoms with E-state index in [1.54, 1.807) is 0 Å². The molecular formula is C4H10O4SZn. The van der Waals surface area contributed by atoms with Gasteiger partial charge in [-0.15, -0.1) is 0 Å². The summed E-state index contributed by atoms with van der Waals surface area (Å²) < 4.78 is 28.1. The zero-order chi connectivity index (χ0) is 7.33. The standard InChI is InChI=1S/C4H10O4S.Zn/c5-3-1-2-4-9(6,7)8;/h5H,1-4H2,(H,6,7,8);. The van der Waals surface area contributed by atoms with E-state index in [1.807, 2.05) is 0 Å². The molecule has 0 fully saturated rings. The molecule has 0 atom stereocenters. The number of unbranched alkanes of at least 4 members (excludes halogenated alkanes) is 1. The molecule has 10 heavy (non-hydrogen) atoms. The van der Waals surface area contributed by atoms with Crippen molar-refractivity contribution in [2.75, 3.05) is 12.4 Å². The molecule has 0 rings (SSSR count). The molecule has 6 heteroatoms. The van der Waals surface area contributed by atoms with Crippen LogP contribution in [0.25, 0.3) is 0 Å². The van der Waals surface area contributed by atoms with Crippen LogP contribution in [-0.4, -0.2) is 30.4 Å². The molecule has 0 saturated carbocycles. The van der Waals surface area contributed by atoms with E-state index in [1.165, 1.54) is 0 Å². The Morgan fingerprint density at radius 3 is 2.00 bits per heavy atom. The van der Waals surface area contributed by atoms with Gasteiger partial charge in [-0.25, -0.2) is 0 Å². The first kappa shape index (κ1) is 13.1. The predicted octanol–water partition coefficient (Wildman–Crippen LogP) is -0.356. The van der Waals surface area contributed by atoms with Crippen molar-refractivity contribution in [2.24, 2.45) is 0 Å². The molecule has 0 spiro atoms. The zero-order valence-corrected chi connectivity index (χ0v) is 9.44. The quantitative estimate of drug-likeness (QED) is 0.385. The normalized spacial score (nSPS) is 10.6. The van der Waals surface area contributed by atoms with E-state index >= 15 is 0 Å². The average Bonchev–Trinajstić information content (AvgIpc) is 1.63. The first-order chi connectivity index (χ1) is 4.06. The van der Waals surface area contributed by atoms with Crippen molar-refractivity contribution in [3.63, 3.8) is 0 Å². The Bertz CT molecular complexity index is 153. The molecule has 0 aromatic rings. The number of rotatable bonds is 4. The second-order valence-corrected chi connectivity index (χ2v) is 3.29. The van der Waals surface area contributed by atoms with Crippen LogP contribution in [0.2, 0.25) is 0 Å². The van der Waals surface area contributed by atoms with Crippen molar-refractivity contribution in [3.8, 4) is 0 Å². The smallest absolute Gasteiger partial charge is 0.264 e. The predicted molar refractivity (Wildman–Crippen MR) is 32.7 cm³/mol. The SMILES string of the molecule is O=S(=O)(O)CCCCO.[Zn]. The van der Waals surface area contributed by atoms with Crippen LogP contribution >= 0.6 is 0 Å². The van der Waals surface area contributed by atoms with Crippen molar-refractivity contribution >= 4 is 10.1 Å². The van der Waals surface area contributed by atoms with E-state index in [0.717, 1.165) is 0 Å². The molecule has 0 heterocycles. The minimum absolute atomic E-state index is 0. The van der Waals surface area contributed by atoms with Crippen LogP contribution in [-0.2, 0) is 29.6 Å². The summed E-state index contributed by atoms with van der Waals surface area (Å²) in [7, 11) is -3.81. The summed E-state index contributed by atoms with van der Waals surface area (Å²) in [5, 5.41) is 8.19. The summed E-state index contributed by atoms with van der Waals surface area (Å²) in [6.07, 6.45) is 0.731. The van der Waals surface area contributed by atoms with Gasteiger partial charge in [0.05, 0.1) is 5.75 Å². The minimum Gasteiger partial charge on any atom is -0.396 e. The fraction of sp³-hybridized carbons (Fsp3) is 1.00. The van der Waals surface area contributed by atoms with Crippen molar-refractivity contribution in [1.82, 2.24) is 0 Å². The van der Waals surface area contributed by atoms with Gasteiger partial charge in [0.1, 0.15) is 0 Å². The number of hydrogen-bond acceptors (Lipinski definition) is 3. The summed E-state index contributed by atoms with van der Waals surface area (Å²) in [5.41, 5.74) is 0. The van der Waals surface area contributed by atoms with Gasteiger partial charge < -0.3 is 5.11 Å². The third-order valence-corrected chi connectivity index (χ3v) is 1.61. The van der Waals surface area contributed by atoms with E-state index in [9.17, 15) is 8.42 Å².